The zero-order chi connectivity index (χ0) is 14.0. The van der Waals surface area contributed by atoms with Crippen molar-refractivity contribution >= 4 is 33.3 Å². The number of rotatable bonds is 5. The van der Waals surface area contributed by atoms with Crippen LogP contribution < -0.4 is 4.90 Å². The Morgan fingerprint density at radius 1 is 1.32 bits per heavy atom. The SMILES string of the molecule is O=C1C(=O)N(CCOCCO)c2cc(F)c(Br)cc21. The standard InChI is InChI=1S/C12H11BrFNO4/c13-8-5-7-10(6-9(8)14)15(12(18)11(7)17)1-3-19-4-2-16/h5-6,16H,1-4H2. The summed E-state index contributed by atoms with van der Waals surface area (Å²) in [4.78, 5) is 24.7. The van der Waals surface area contributed by atoms with Crippen molar-refractivity contribution in [3.8, 4) is 0 Å². The van der Waals surface area contributed by atoms with Crippen LogP contribution in [0.5, 0.6) is 0 Å². The minimum Gasteiger partial charge on any atom is -0.394 e. The van der Waals surface area contributed by atoms with Crippen LogP contribution in [-0.2, 0) is 9.53 Å². The summed E-state index contributed by atoms with van der Waals surface area (Å²) >= 11 is 2.98. The molecule has 7 heteroatoms. The second kappa shape index (κ2) is 5.77. The Labute approximate surface area is 117 Å². The molecule has 0 aliphatic carbocycles. The van der Waals surface area contributed by atoms with E-state index in [-0.39, 0.29) is 42.1 Å². The molecule has 2 rings (SSSR count). The van der Waals surface area contributed by atoms with Gasteiger partial charge in [-0.05, 0) is 28.1 Å². The van der Waals surface area contributed by atoms with Crippen LogP contribution in [0.1, 0.15) is 10.4 Å². The van der Waals surface area contributed by atoms with Gasteiger partial charge in [-0.25, -0.2) is 4.39 Å². The Bertz CT molecular complexity index is 535. The van der Waals surface area contributed by atoms with Gasteiger partial charge >= 0.3 is 0 Å². The number of anilines is 1. The maximum Gasteiger partial charge on any atom is 0.299 e. The molecule has 1 amide bonds. The number of ketones is 1. The molecule has 1 aromatic carbocycles. The number of carbonyl (C=O) groups is 2. The third-order valence-corrected chi connectivity index (χ3v) is 3.32. The third kappa shape index (κ3) is 2.68. The lowest BCUT2D eigenvalue weighted by Crippen LogP contribution is -2.33. The molecule has 1 aliphatic rings. The van der Waals surface area contributed by atoms with Crippen LogP contribution in [0, 0.1) is 5.82 Å². The first kappa shape index (κ1) is 14.1. The van der Waals surface area contributed by atoms with E-state index < -0.39 is 17.5 Å². The fourth-order valence-corrected chi connectivity index (χ4v) is 2.18. The van der Waals surface area contributed by atoms with Crippen molar-refractivity contribution in [1.82, 2.24) is 0 Å². The van der Waals surface area contributed by atoms with Crippen molar-refractivity contribution in [3.05, 3.63) is 28.0 Å². The highest BCUT2D eigenvalue weighted by Crippen LogP contribution is 2.32. The van der Waals surface area contributed by atoms with E-state index in [2.05, 4.69) is 15.9 Å². The number of halogens is 2. The van der Waals surface area contributed by atoms with Gasteiger partial charge in [-0.3, -0.25) is 9.59 Å². The molecule has 0 bridgehead atoms. The van der Waals surface area contributed by atoms with E-state index in [1.54, 1.807) is 0 Å². The van der Waals surface area contributed by atoms with Gasteiger partial charge in [0.1, 0.15) is 5.82 Å². The number of fused-ring (bicyclic) bond motifs is 1. The van der Waals surface area contributed by atoms with Gasteiger partial charge in [-0.15, -0.1) is 0 Å². The van der Waals surface area contributed by atoms with E-state index in [4.69, 9.17) is 9.84 Å². The van der Waals surface area contributed by atoms with E-state index in [9.17, 15) is 14.0 Å². The van der Waals surface area contributed by atoms with Gasteiger partial charge in [-0.1, -0.05) is 0 Å². The highest BCUT2D eigenvalue weighted by atomic mass is 79.9. The normalized spacial score (nSPS) is 14.2. The van der Waals surface area contributed by atoms with E-state index in [0.717, 1.165) is 6.07 Å². The summed E-state index contributed by atoms with van der Waals surface area (Å²) in [6.07, 6.45) is 0. The number of hydrogen-bond donors (Lipinski definition) is 1. The molecule has 1 N–H and O–H groups in total. The Kier molecular flexibility index (Phi) is 4.28. The molecule has 1 aromatic rings. The lowest BCUT2D eigenvalue weighted by Gasteiger charge is -2.16. The van der Waals surface area contributed by atoms with E-state index in [0.29, 0.717) is 0 Å². The smallest absolute Gasteiger partial charge is 0.299 e. The number of aliphatic hydroxyl groups excluding tert-OH is 1. The molecule has 0 saturated carbocycles. The largest absolute Gasteiger partial charge is 0.394 e. The summed E-state index contributed by atoms with van der Waals surface area (Å²) in [5.74, 6) is -1.89. The molecular formula is C12H11BrFNO4. The molecule has 0 atom stereocenters. The highest BCUT2D eigenvalue weighted by Gasteiger charge is 2.36. The van der Waals surface area contributed by atoms with Crippen molar-refractivity contribution in [2.24, 2.45) is 0 Å². The number of hydrogen-bond acceptors (Lipinski definition) is 4. The number of carbonyl (C=O) groups excluding carboxylic acids is 2. The van der Waals surface area contributed by atoms with Crippen LogP contribution in [0.15, 0.2) is 16.6 Å². The van der Waals surface area contributed by atoms with Gasteiger partial charge in [0.15, 0.2) is 0 Å². The van der Waals surface area contributed by atoms with Gasteiger partial charge in [0.05, 0.1) is 35.5 Å². The Morgan fingerprint density at radius 2 is 2.05 bits per heavy atom. The summed E-state index contributed by atoms with van der Waals surface area (Å²) < 4.78 is 18.7. The van der Waals surface area contributed by atoms with Gasteiger partial charge in [0.2, 0.25) is 0 Å². The van der Waals surface area contributed by atoms with Crippen molar-refractivity contribution < 1.29 is 23.8 Å². The lowest BCUT2D eigenvalue weighted by atomic mass is 10.1. The topological polar surface area (TPSA) is 66.8 Å². The van der Waals surface area contributed by atoms with Crippen LogP contribution in [0.3, 0.4) is 0 Å². The number of amides is 1. The van der Waals surface area contributed by atoms with Crippen LogP contribution >= 0.6 is 15.9 Å². The summed E-state index contributed by atoms with van der Waals surface area (Å²) in [6.45, 7) is 0.331. The average molecular weight is 332 g/mol. The molecule has 0 spiro atoms. The quantitative estimate of drug-likeness (QED) is 0.648. The van der Waals surface area contributed by atoms with Gasteiger partial charge in [0, 0.05) is 6.54 Å². The first-order chi connectivity index (χ1) is 9.06. The van der Waals surface area contributed by atoms with E-state index in [1.165, 1.54) is 11.0 Å². The zero-order valence-corrected chi connectivity index (χ0v) is 11.4. The molecule has 102 valence electrons. The molecule has 5 nitrogen and oxygen atoms in total. The minimum absolute atomic E-state index is 0.120. The van der Waals surface area contributed by atoms with Crippen LogP contribution in [-0.4, -0.2) is 43.2 Å². The molecule has 0 aromatic heterocycles. The third-order valence-electron chi connectivity index (χ3n) is 2.71. The first-order valence-corrected chi connectivity index (χ1v) is 6.39. The average Bonchev–Trinajstić information content (AvgIpc) is 2.60. The number of ether oxygens (including phenoxy) is 1. The van der Waals surface area contributed by atoms with E-state index >= 15 is 0 Å². The minimum atomic E-state index is -0.694. The molecule has 0 radical (unpaired) electrons. The van der Waals surface area contributed by atoms with Crippen molar-refractivity contribution in [1.29, 1.82) is 0 Å². The molecule has 0 fully saturated rings. The monoisotopic (exact) mass is 331 g/mol. The number of benzene rings is 1. The first-order valence-electron chi connectivity index (χ1n) is 5.60. The summed E-state index contributed by atoms with van der Waals surface area (Å²) in [5, 5.41) is 8.56. The fourth-order valence-electron chi connectivity index (χ4n) is 1.83. The van der Waals surface area contributed by atoms with Crippen LogP contribution in [0.25, 0.3) is 0 Å². The molecule has 1 heterocycles. The van der Waals surface area contributed by atoms with Crippen LogP contribution in [0.2, 0.25) is 0 Å². The molecule has 19 heavy (non-hydrogen) atoms. The Balaban J connectivity index is 2.21. The number of nitrogens with zero attached hydrogens (tertiary/aromatic N) is 1. The van der Waals surface area contributed by atoms with Crippen molar-refractivity contribution in [2.45, 2.75) is 0 Å². The Morgan fingerprint density at radius 3 is 2.74 bits per heavy atom. The lowest BCUT2D eigenvalue weighted by molar-refractivity contribution is -0.114. The summed E-state index contributed by atoms with van der Waals surface area (Å²) in [5.41, 5.74) is 0.434. The van der Waals surface area contributed by atoms with Crippen molar-refractivity contribution in [3.63, 3.8) is 0 Å². The second-order valence-corrected chi connectivity index (χ2v) is 4.76. The van der Waals surface area contributed by atoms with Crippen molar-refractivity contribution in [2.75, 3.05) is 31.3 Å². The van der Waals surface area contributed by atoms with Gasteiger partial charge in [0.25, 0.3) is 11.7 Å². The summed E-state index contributed by atoms with van der Waals surface area (Å²) in [7, 11) is 0. The Hall–Kier alpha value is -1.31. The fraction of sp³-hybridized carbons (Fsp3) is 0.333. The molecule has 0 saturated heterocycles. The number of aliphatic hydroxyl groups is 1. The molecule has 0 unspecified atom stereocenters. The number of Topliss-reactive ketones (excluding diaryl/α,β-unsaturated/α-hetero) is 1. The highest BCUT2D eigenvalue weighted by molar-refractivity contribution is 9.10. The predicted octanol–water partition coefficient (Wildman–Crippen LogP) is 1.13. The maximum atomic E-state index is 13.5. The van der Waals surface area contributed by atoms with Gasteiger partial charge in [-0.2, -0.15) is 0 Å². The van der Waals surface area contributed by atoms with Gasteiger partial charge < -0.3 is 14.7 Å². The molecule has 1 aliphatic heterocycles. The predicted molar refractivity (Wildman–Crippen MR) is 68.7 cm³/mol. The van der Waals surface area contributed by atoms with E-state index in [1.807, 2.05) is 0 Å². The zero-order valence-electron chi connectivity index (χ0n) is 9.86. The van der Waals surface area contributed by atoms with Crippen LogP contribution in [0.4, 0.5) is 10.1 Å². The maximum absolute atomic E-state index is 13.5. The molecular weight excluding hydrogens is 321 g/mol. The second-order valence-electron chi connectivity index (χ2n) is 3.91. The summed E-state index contributed by atoms with van der Waals surface area (Å²) in [6, 6.07) is 2.45.